The number of rotatable bonds is 2. The van der Waals surface area contributed by atoms with Crippen LogP contribution in [0.3, 0.4) is 0 Å². The number of benzene rings is 1. The number of aliphatic carboxylic acids is 1. The molecule has 1 N–H and O–H groups in total. The van der Waals surface area contributed by atoms with E-state index in [-0.39, 0.29) is 12.0 Å². The van der Waals surface area contributed by atoms with Gasteiger partial charge in [0, 0.05) is 19.1 Å². The fourth-order valence-electron chi connectivity index (χ4n) is 3.85. The summed E-state index contributed by atoms with van der Waals surface area (Å²) in [4.78, 5) is 13.9. The summed E-state index contributed by atoms with van der Waals surface area (Å²) in [5, 5.41) is 9.46. The van der Waals surface area contributed by atoms with E-state index in [9.17, 15) is 9.90 Å². The van der Waals surface area contributed by atoms with Gasteiger partial charge in [-0.3, -0.25) is 9.69 Å². The van der Waals surface area contributed by atoms with Crippen molar-refractivity contribution in [3.8, 4) is 0 Å². The average Bonchev–Trinajstić information content (AvgIpc) is 2.70. The van der Waals surface area contributed by atoms with E-state index in [1.165, 1.54) is 17.5 Å². The van der Waals surface area contributed by atoms with E-state index in [0.29, 0.717) is 0 Å². The molecule has 2 unspecified atom stereocenters. The molecule has 1 aliphatic heterocycles. The first-order valence-corrected chi connectivity index (χ1v) is 7.79. The van der Waals surface area contributed by atoms with Gasteiger partial charge in [0.2, 0.25) is 0 Å². The Morgan fingerprint density at radius 3 is 2.25 bits per heavy atom. The highest BCUT2D eigenvalue weighted by atomic mass is 16.4. The molecule has 1 aromatic rings. The first-order chi connectivity index (χ1) is 9.75. The van der Waals surface area contributed by atoms with Gasteiger partial charge in [-0.25, -0.2) is 0 Å². The molecule has 2 atom stereocenters. The lowest BCUT2D eigenvalue weighted by atomic mass is 9.83. The van der Waals surface area contributed by atoms with Crippen molar-refractivity contribution in [3.63, 3.8) is 0 Å². The van der Waals surface area contributed by atoms with Crippen LogP contribution in [0, 0.1) is 5.92 Å². The molecule has 108 valence electrons. The van der Waals surface area contributed by atoms with Crippen LogP contribution in [0.2, 0.25) is 0 Å². The highest BCUT2D eigenvalue weighted by Gasteiger charge is 2.35. The molecule has 3 nitrogen and oxygen atoms in total. The Hall–Kier alpha value is -1.35. The number of hydrogen-bond donors (Lipinski definition) is 1. The predicted octanol–water partition coefficient (Wildman–Crippen LogP) is 2.73. The van der Waals surface area contributed by atoms with Gasteiger partial charge in [-0.1, -0.05) is 37.1 Å². The summed E-state index contributed by atoms with van der Waals surface area (Å²) in [6.07, 6.45) is 6.26. The summed E-state index contributed by atoms with van der Waals surface area (Å²) in [7, 11) is 0. The van der Waals surface area contributed by atoms with Crippen LogP contribution in [0.1, 0.15) is 36.8 Å². The van der Waals surface area contributed by atoms with Crippen molar-refractivity contribution in [3.05, 3.63) is 35.4 Å². The minimum absolute atomic E-state index is 0.162. The maximum Gasteiger partial charge on any atom is 0.308 e. The SMILES string of the molecule is O=C(O)C1CCCCC1N1CCc2ccccc2CC1. The zero-order valence-electron chi connectivity index (χ0n) is 11.9. The second-order valence-electron chi connectivity index (χ2n) is 6.10. The third-order valence-corrected chi connectivity index (χ3v) is 4.97. The summed E-state index contributed by atoms with van der Waals surface area (Å²) in [5.74, 6) is -0.763. The Balaban J connectivity index is 1.73. The van der Waals surface area contributed by atoms with Crippen LogP contribution in [0.15, 0.2) is 24.3 Å². The topological polar surface area (TPSA) is 40.5 Å². The molecule has 1 saturated carbocycles. The fraction of sp³-hybridized carbons (Fsp3) is 0.588. The Kier molecular flexibility index (Phi) is 4.06. The highest BCUT2D eigenvalue weighted by Crippen LogP contribution is 2.30. The third-order valence-electron chi connectivity index (χ3n) is 4.97. The van der Waals surface area contributed by atoms with E-state index in [1.807, 2.05) is 0 Å². The Bertz CT molecular complexity index is 459. The van der Waals surface area contributed by atoms with Crippen LogP contribution in [-0.4, -0.2) is 35.1 Å². The van der Waals surface area contributed by atoms with Crippen molar-refractivity contribution in [2.45, 2.75) is 44.6 Å². The highest BCUT2D eigenvalue weighted by molar-refractivity contribution is 5.71. The summed E-state index contributed by atoms with van der Waals surface area (Å²) < 4.78 is 0. The quantitative estimate of drug-likeness (QED) is 0.900. The lowest BCUT2D eigenvalue weighted by Gasteiger charge is -2.37. The molecule has 0 saturated heterocycles. The first kappa shape index (κ1) is 13.6. The molecule has 3 heteroatoms. The van der Waals surface area contributed by atoms with Crippen LogP contribution in [0.25, 0.3) is 0 Å². The molecule has 2 aliphatic rings. The van der Waals surface area contributed by atoms with Gasteiger partial charge in [0.05, 0.1) is 5.92 Å². The zero-order valence-corrected chi connectivity index (χ0v) is 11.9. The number of fused-ring (bicyclic) bond motifs is 1. The smallest absolute Gasteiger partial charge is 0.308 e. The van der Waals surface area contributed by atoms with Crippen LogP contribution < -0.4 is 0 Å². The fourth-order valence-corrected chi connectivity index (χ4v) is 3.85. The van der Waals surface area contributed by atoms with Gasteiger partial charge in [0.1, 0.15) is 0 Å². The Labute approximate surface area is 120 Å². The lowest BCUT2D eigenvalue weighted by Crippen LogP contribution is -2.46. The maximum atomic E-state index is 11.5. The van der Waals surface area contributed by atoms with Crippen LogP contribution in [0.5, 0.6) is 0 Å². The molecule has 0 amide bonds. The van der Waals surface area contributed by atoms with Crippen molar-refractivity contribution in [1.82, 2.24) is 4.90 Å². The summed E-state index contributed by atoms with van der Waals surface area (Å²) >= 11 is 0. The molecule has 1 aliphatic carbocycles. The molecular weight excluding hydrogens is 250 g/mol. The van der Waals surface area contributed by atoms with E-state index in [0.717, 1.165) is 45.2 Å². The molecule has 20 heavy (non-hydrogen) atoms. The number of hydrogen-bond acceptors (Lipinski definition) is 2. The molecule has 1 fully saturated rings. The number of carboxylic acids is 1. The first-order valence-electron chi connectivity index (χ1n) is 7.79. The van der Waals surface area contributed by atoms with Gasteiger partial charge in [0.15, 0.2) is 0 Å². The second-order valence-corrected chi connectivity index (χ2v) is 6.10. The standard InChI is InChI=1S/C17H23NO2/c19-17(20)15-7-3-4-8-16(15)18-11-9-13-5-1-2-6-14(13)10-12-18/h1-2,5-6,15-16H,3-4,7-12H2,(H,19,20). The third kappa shape index (κ3) is 2.73. The summed E-state index contributed by atoms with van der Waals surface area (Å²) in [6.45, 7) is 2.01. The van der Waals surface area contributed by atoms with Gasteiger partial charge >= 0.3 is 5.97 Å². The molecule has 0 spiro atoms. The van der Waals surface area contributed by atoms with Crippen molar-refractivity contribution in [2.24, 2.45) is 5.92 Å². The van der Waals surface area contributed by atoms with Gasteiger partial charge in [-0.2, -0.15) is 0 Å². The average molecular weight is 273 g/mol. The van der Waals surface area contributed by atoms with Crippen molar-refractivity contribution >= 4 is 5.97 Å². The minimum atomic E-state index is -0.600. The van der Waals surface area contributed by atoms with E-state index >= 15 is 0 Å². The summed E-state index contributed by atoms with van der Waals surface area (Å²) in [6, 6.07) is 8.89. The molecular formula is C17H23NO2. The van der Waals surface area contributed by atoms with Crippen LogP contribution in [0.4, 0.5) is 0 Å². The largest absolute Gasteiger partial charge is 0.481 e. The number of carbonyl (C=O) groups is 1. The van der Waals surface area contributed by atoms with E-state index in [2.05, 4.69) is 29.2 Å². The minimum Gasteiger partial charge on any atom is -0.481 e. The van der Waals surface area contributed by atoms with Crippen LogP contribution in [-0.2, 0) is 17.6 Å². The van der Waals surface area contributed by atoms with Gasteiger partial charge in [-0.15, -0.1) is 0 Å². The van der Waals surface area contributed by atoms with E-state index in [4.69, 9.17) is 0 Å². The Morgan fingerprint density at radius 1 is 1.05 bits per heavy atom. The number of carboxylic acid groups (broad SMARTS) is 1. The number of nitrogens with zero attached hydrogens (tertiary/aromatic N) is 1. The van der Waals surface area contributed by atoms with Crippen molar-refractivity contribution < 1.29 is 9.90 Å². The van der Waals surface area contributed by atoms with Gasteiger partial charge < -0.3 is 5.11 Å². The Morgan fingerprint density at radius 2 is 1.65 bits per heavy atom. The predicted molar refractivity (Wildman–Crippen MR) is 78.8 cm³/mol. The molecule has 1 aromatic carbocycles. The van der Waals surface area contributed by atoms with E-state index in [1.54, 1.807) is 0 Å². The van der Waals surface area contributed by atoms with Gasteiger partial charge in [0.25, 0.3) is 0 Å². The van der Waals surface area contributed by atoms with Crippen molar-refractivity contribution in [1.29, 1.82) is 0 Å². The molecule has 3 rings (SSSR count). The molecule has 0 radical (unpaired) electrons. The van der Waals surface area contributed by atoms with Crippen molar-refractivity contribution in [2.75, 3.05) is 13.1 Å². The normalized spacial score (nSPS) is 27.6. The zero-order chi connectivity index (χ0) is 13.9. The van der Waals surface area contributed by atoms with Gasteiger partial charge in [-0.05, 0) is 36.8 Å². The molecule has 0 bridgehead atoms. The second kappa shape index (κ2) is 5.96. The van der Waals surface area contributed by atoms with Crippen LogP contribution >= 0.6 is 0 Å². The van der Waals surface area contributed by atoms with E-state index < -0.39 is 5.97 Å². The molecule has 0 aromatic heterocycles. The summed E-state index contributed by atoms with van der Waals surface area (Å²) in [5.41, 5.74) is 2.88. The lowest BCUT2D eigenvalue weighted by molar-refractivity contribution is -0.145. The monoisotopic (exact) mass is 273 g/mol. The maximum absolute atomic E-state index is 11.5. The molecule has 1 heterocycles.